The Bertz CT molecular complexity index is 1180. The van der Waals surface area contributed by atoms with Crippen molar-refractivity contribution >= 4 is 72.9 Å². The van der Waals surface area contributed by atoms with Crippen molar-refractivity contribution in [3.8, 4) is 0 Å². The predicted octanol–water partition coefficient (Wildman–Crippen LogP) is 5.11. The van der Waals surface area contributed by atoms with Gasteiger partial charge in [-0.3, -0.25) is 14.8 Å². The summed E-state index contributed by atoms with van der Waals surface area (Å²) in [5.41, 5.74) is 0.172. The monoisotopic (exact) mass is 490 g/mol. The van der Waals surface area contributed by atoms with Gasteiger partial charge in [-0.2, -0.15) is 0 Å². The topological polar surface area (TPSA) is 101 Å². The lowest BCUT2D eigenvalue weighted by molar-refractivity contribution is 0.102. The van der Waals surface area contributed by atoms with E-state index in [-0.39, 0.29) is 26.2 Å². The lowest BCUT2D eigenvalue weighted by Gasteiger charge is -2.12. The number of benzene rings is 2. The maximum Gasteiger partial charge on any atom is 0.263 e. The summed E-state index contributed by atoms with van der Waals surface area (Å²) in [5, 5.41) is 11.9. The zero-order valence-electron chi connectivity index (χ0n) is 14.7. The van der Waals surface area contributed by atoms with E-state index in [1.54, 1.807) is 0 Å². The van der Waals surface area contributed by atoms with Crippen LogP contribution >= 0.6 is 46.1 Å². The highest BCUT2D eigenvalue weighted by atomic mass is 35.5. The van der Waals surface area contributed by atoms with Crippen molar-refractivity contribution in [3.05, 3.63) is 62.0 Å². The van der Waals surface area contributed by atoms with Crippen molar-refractivity contribution < 1.29 is 13.2 Å². The van der Waals surface area contributed by atoms with Gasteiger partial charge < -0.3 is 0 Å². The van der Waals surface area contributed by atoms with Crippen LogP contribution in [-0.4, -0.2) is 24.5 Å². The standard InChI is InChI=1S/C17H13Cl3N4O3S2/c1-2-15-22-23-17(28-15)21-16(25)9-3-5-12(20)14(7-9)29(26,27)24-13-8-10(18)4-6-11(13)19/h3-8,24H,2H2,1H3,(H,21,23,25). The molecule has 29 heavy (non-hydrogen) atoms. The molecule has 2 N–H and O–H groups in total. The van der Waals surface area contributed by atoms with Crippen LogP contribution in [0.5, 0.6) is 0 Å². The van der Waals surface area contributed by atoms with E-state index in [0.29, 0.717) is 16.6 Å². The van der Waals surface area contributed by atoms with Crippen LogP contribution in [0.1, 0.15) is 22.3 Å². The number of hydrogen-bond acceptors (Lipinski definition) is 6. The summed E-state index contributed by atoms with van der Waals surface area (Å²) in [6.07, 6.45) is 0.689. The zero-order chi connectivity index (χ0) is 21.2. The van der Waals surface area contributed by atoms with E-state index in [1.165, 1.54) is 47.7 Å². The molecule has 0 atom stereocenters. The molecule has 0 fully saturated rings. The van der Waals surface area contributed by atoms with E-state index < -0.39 is 15.9 Å². The average Bonchev–Trinajstić information content (AvgIpc) is 3.12. The number of halogens is 3. The fourth-order valence-electron chi connectivity index (χ4n) is 2.24. The molecule has 3 rings (SSSR count). The fraction of sp³-hybridized carbons (Fsp3) is 0.118. The van der Waals surface area contributed by atoms with Crippen LogP contribution in [0, 0.1) is 0 Å². The molecule has 12 heteroatoms. The van der Waals surface area contributed by atoms with Crippen molar-refractivity contribution in [1.29, 1.82) is 0 Å². The van der Waals surface area contributed by atoms with E-state index in [0.717, 1.165) is 5.01 Å². The van der Waals surface area contributed by atoms with Gasteiger partial charge in [0, 0.05) is 10.6 Å². The Morgan fingerprint density at radius 1 is 1.07 bits per heavy atom. The maximum atomic E-state index is 12.8. The van der Waals surface area contributed by atoms with Gasteiger partial charge in [0.15, 0.2) is 0 Å². The number of nitrogens with zero attached hydrogens (tertiary/aromatic N) is 2. The SMILES string of the molecule is CCc1nnc(NC(=O)c2ccc(Cl)c(S(=O)(=O)Nc3cc(Cl)ccc3Cl)c2)s1. The summed E-state index contributed by atoms with van der Waals surface area (Å²) in [6.45, 7) is 1.92. The molecule has 0 radical (unpaired) electrons. The van der Waals surface area contributed by atoms with Crippen molar-refractivity contribution in [2.24, 2.45) is 0 Å². The molecule has 0 aliphatic heterocycles. The molecule has 0 aliphatic carbocycles. The minimum atomic E-state index is -4.14. The lowest BCUT2D eigenvalue weighted by atomic mass is 10.2. The number of amides is 1. The molecule has 0 aliphatic rings. The van der Waals surface area contributed by atoms with Crippen LogP contribution < -0.4 is 10.0 Å². The van der Waals surface area contributed by atoms with Crippen LogP contribution in [0.15, 0.2) is 41.3 Å². The number of carbonyl (C=O) groups excluding carboxylic acids is 1. The molecule has 0 bridgehead atoms. The first-order valence-electron chi connectivity index (χ1n) is 8.10. The summed E-state index contributed by atoms with van der Waals surface area (Å²) in [7, 11) is -4.14. The van der Waals surface area contributed by atoms with E-state index >= 15 is 0 Å². The first kappa shape index (κ1) is 21.8. The largest absolute Gasteiger partial charge is 0.296 e. The van der Waals surface area contributed by atoms with Gasteiger partial charge in [0.1, 0.15) is 9.90 Å². The van der Waals surface area contributed by atoms with Crippen molar-refractivity contribution in [1.82, 2.24) is 10.2 Å². The third kappa shape index (κ3) is 5.18. The number of aryl methyl sites for hydroxylation is 1. The minimum absolute atomic E-state index is 0.0589. The van der Waals surface area contributed by atoms with Crippen LogP contribution in [0.4, 0.5) is 10.8 Å². The molecule has 1 amide bonds. The summed E-state index contributed by atoms with van der Waals surface area (Å²) in [4.78, 5) is 12.2. The number of anilines is 2. The first-order chi connectivity index (χ1) is 13.7. The van der Waals surface area contributed by atoms with Gasteiger partial charge in [0.25, 0.3) is 15.9 Å². The highest BCUT2D eigenvalue weighted by molar-refractivity contribution is 7.92. The van der Waals surface area contributed by atoms with Gasteiger partial charge in [0.2, 0.25) is 5.13 Å². The Morgan fingerprint density at radius 2 is 1.79 bits per heavy atom. The van der Waals surface area contributed by atoms with Gasteiger partial charge >= 0.3 is 0 Å². The predicted molar refractivity (Wildman–Crippen MR) is 116 cm³/mol. The molecule has 2 aromatic carbocycles. The van der Waals surface area contributed by atoms with E-state index in [4.69, 9.17) is 34.8 Å². The first-order valence-corrected chi connectivity index (χ1v) is 11.5. The number of sulfonamides is 1. The third-order valence-corrected chi connectivity index (χ3v) is 7.04. The summed E-state index contributed by atoms with van der Waals surface area (Å²) in [6, 6.07) is 8.25. The van der Waals surface area contributed by atoms with Gasteiger partial charge in [-0.05, 0) is 42.8 Å². The smallest absolute Gasteiger partial charge is 0.263 e. The van der Waals surface area contributed by atoms with Gasteiger partial charge in [-0.25, -0.2) is 8.42 Å². The fourth-order valence-corrected chi connectivity index (χ4v) is 4.91. The number of carbonyl (C=O) groups is 1. The summed E-state index contributed by atoms with van der Waals surface area (Å²) in [5.74, 6) is -0.544. The van der Waals surface area contributed by atoms with E-state index in [2.05, 4.69) is 20.2 Å². The van der Waals surface area contributed by atoms with Crippen molar-refractivity contribution in [2.75, 3.05) is 10.0 Å². The van der Waals surface area contributed by atoms with Crippen LogP contribution in [-0.2, 0) is 16.4 Å². The van der Waals surface area contributed by atoms with E-state index in [1.807, 2.05) is 6.92 Å². The Balaban J connectivity index is 1.89. The molecular weight excluding hydrogens is 479 g/mol. The van der Waals surface area contributed by atoms with Crippen LogP contribution in [0.3, 0.4) is 0 Å². The summed E-state index contributed by atoms with van der Waals surface area (Å²) >= 11 is 19.2. The number of aromatic nitrogens is 2. The molecule has 0 saturated heterocycles. The molecule has 0 unspecified atom stereocenters. The number of hydrogen-bond donors (Lipinski definition) is 2. The second kappa shape index (κ2) is 8.85. The molecule has 152 valence electrons. The highest BCUT2D eigenvalue weighted by Crippen LogP contribution is 2.30. The third-order valence-electron chi connectivity index (χ3n) is 3.65. The van der Waals surface area contributed by atoms with Gasteiger partial charge in [-0.15, -0.1) is 10.2 Å². The highest BCUT2D eigenvalue weighted by Gasteiger charge is 2.22. The normalized spacial score (nSPS) is 11.3. The summed E-state index contributed by atoms with van der Waals surface area (Å²) < 4.78 is 28.0. The maximum absolute atomic E-state index is 12.8. The Hall–Kier alpha value is -1.91. The Morgan fingerprint density at radius 3 is 2.48 bits per heavy atom. The molecular formula is C17H13Cl3N4O3S2. The molecule has 0 saturated carbocycles. The molecule has 0 spiro atoms. The molecule has 1 aromatic heterocycles. The molecule has 3 aromatic rings. The second-order valence-electron chi connectivity index (χ2n) is 5.68. The van der Waals surface area contributed by atoms with Crippen LogP contribution in [0.2, 0.25) is 15.1 Å². The quantitative estimate of drug-likeness (QED) is 0.499. The average molecular weight is 492 g/mol. The Kier molecular flexibility index (Phi) is 6.65. The van der Waals surface area contributed by atoms with Gasteiger partial charge in [0.05, 0.1) is 15.7 Å². The molecule has 7 nitrogen and oxygen atoms in total. The van der Waals surface area contributed by atoms with E-state index in [9.17, 15) is 13.2 Å². The van der Waals surface area contributed by atoms with Crippen LogP contribution in [0.25, 0.3) is 0 Å². The Labute approximate surface area is 186 Å². The zero-order valence-corrected chi connectivity index (χ0v) is 18.6. The molecule has 1 heterocycles. The number of nitrogens with one attached hydrogen (secondary N) is 2. The minimum Gasteiger partial charge on any atom is -0.296 e. The second-order valence-corrected chi connectivity index (χ2v) is 9.65. The van der Waals surface area contributed by atoms with Gasteiger partial charge in [-0.1, -0.05) is 53.1 Å². The van der Waals surface area contributed by atoms with Crippen molar-refractivity contribution in [3.63, 3.8) is 0 Å². The lowest BCUT2D eigenvalue weighted by Crippen LogP contribution is -2.16. The van der Waals surface area contributed by atoms with Crippen molar-refractivity contribution in [2.45, 2.75) is 18.2 Å². The number of rotatable bonds is 6.